The Kier molecular flexibility index (Phi) is 2.60. The van der Waals surface area contributed by atoms with Crippen LogP contribution in [0.15, 0.2) is 52.9 Å². The maximum absolute atomic E-state index is 6.17. The number of fused-ring (bicyclic) bond motifs is 2. The zero-order valence-electron chi connectivity index (χ0n) is 12.1. The second-order valence-electron chi connectivity index (χ2n) is 5.42. The Morgan fingerprint density at radius 2 is 1.77 bits per heavy atom. The second kappa shape index (κ2) is 4.49. The molecule has 0 aliphatic rings. The molecule has 4 heteroatoms. The monoisotopic (exact) mass is 289 g/mol. The van der Waals surface area contributed by atoms with Gasteiger partial charge in [-0.05, 0) is 31.2 Å². The fraction of sp³-hybridized carbons (Fsp3) is 0.0556. The molecule has 0 saturated heterocycles. The van der Waals surface area contributed by atoms with Crippen molar-refractivity contribution >= 4 is 33.4 Å². The summed E-state index contributed by atoms with van der Waals surface area (Å²) in [7, 11) is 0. The predicted molar refractivity (Wildman–Crippen MR) is 90.5 cm³/mol. The van der Waals surface area contributed by atoms with Gasteiger partial charge in [-0.25, -0.2) is 4.98 Å². The number of nitrogens with two attached hydrogens (primary N) is 2. The summed E-state index contributed by atoms with van der Waals surface area (Å²) >= 11 is 0. The zero-order chi connectivity index (χ0) is 15.3. The maximum atomic E-state index is 6.17. The molecule has 0 atom stereocenters. The summed E-state index contributed by atoms with van der Waals surface area (Å²) in [6.07, 6.45) is 0. The number of nitrogen functional groups attached to an aromatic ring is 2. The first-order valence-corrected chi connectivity index (χ1v) is 7.08. The van der Waals surface area contributed by atoms with Gasteiger partial charge in [0.15, 0.2) is 0 Å². The minimum Gasteiger partial charge on any atom is -0.461 e. The van der Waals surface area contributed by atoms with Crippen molar-refractivity contribution in [3.63, 3.8) is 0 Å². The van der Waals surface area contributed by atoms with E-state index in [0.29, 0.717) is 11.5 Å². The molecule has 0 saturated carbocycles. The average molecular weight is 289 g/mol. The topological polar surface area (TPSA) is 78.1 Å². The molecule has 0 spiro atoms. The van der Waals surface area contributed by atoms with E-state index in [2.05, 4.69) is 4.98 Å². The number of nitrogens with zero attached hydrogens (tertiary/aromatic N) is 1. The van der Waals surface area contributed by atoms with E-state index in [0.717, 1.165) is 38.8 Å². The molecule has 0 aliphatic heterocycles. The third-order valence-corrected chi connectivity index (χ3v) is 3.88. The van der Waals surface area contributed by atoms with Crippen molar-refractivity contribution < 1.29 is 4.42 Å². The third kappa shape index (κ3) is 1.81. The van der Waals surface area contributed by atoms with Gasteiger partial charge in [-0.1, -0.05) is 24.3 Å². The van der Waals surface area contributed by atoms with Crippen LogP contribution in [0, 0.1) is 6.92 Å². The smallest absolute Gasteiger partial charge is 0.142 e. The highest BCUT2D eigenvalue weighted by Crippen LogP contribution is 2.36. The number of anilines is 2. The summed E-state index contributed by atoms with van der Waals surface area (Å²) in [5.74, 6) is 1.34. The van der Waals surface area contributed by atoms with Crippen molar-refractivity contribution in [1.82, 2.24) is 4.98 Å². The predicted octanol–water partition coefficient (Wildman–Crippen LogP) is 4.12. The van der Waals surface area contributed by atoms with Gasteiger partial charge in [0, 0.05) is 27.6 Å². The molecule has 0 aliphatic carbocycles. The number of para-hydroxylation sites is 1. The van der Waals surface area contributed by atoms with E-state index in [4.69, 9.17) is 15.9 Å². The van der Waals surface area contributed by atoms with Gasteiger partial charge in [0.2, 0.25) is 0 Å². The van der Waals surface area contributed by atoms with E-state index >= 15 is 0 Å². The van der Waals surface area contributed by atoms with E-state index in [1.165, 1.54) is 0 Å². The van der Waals surface area contributed by atoms with Crippen LogP contribution in [0.3, 0.4) is 0 Å². The quantitative estimate of drug-likeness (QED) is 0.517. The van der Waals surface area contributed by atoms with E-state index in [-0.39, 0.29) is 0 Å². The maximum Gasteiger partial charge on any atom is 0.142 e. The minimum atomic E-state index is 0.472. The second-order valence-corrected chi connectivity index (χ2v) is 5.42. The molecule has 2 aromatic carbocycles. The molecule has 4 aromatic rings. The standard InChI is InChI=1S/C18H15N3O/c1-10-8-11-4-2-5-12(17(11)22-10)13-9-14-15(19)6-3-7-16(14)21-18(13)20/h2-9H,19H2,1H3,(H2,20,21). The molecule has 4 nitrogen and oxygen atoms in total. The molecule has 0 bridgehead atoms. The van der Waals surface area contributed by atoms with E-state index in [1.54, 1.807) is 0 Å². The summed E-state index contributed by atoms with van der Waals surface area (Å²) in [5, 5.41) is 1.95. The summed E-state index contributed by atoms with van der Waals surface area (Å²) in [6.45, 7) is 1.93. The van der Waals surface area contributed by atoms with Gasteiger partial charge in [0.05, 0.1) is 5.52 Å². The van der Waals surface area contributed by atoms with Gasteiger partial charge in [-0.3, -0.25) is 0 Å². The Hall–Kier alpha value is -3.01. The lowest BCUT2D eigenvalue weighted by Crippen LogP contribution is -1.97. The molecule has 0 unspecified atom stereocenters. The molecule has 4 rings (SSSR count). The van der Waals surface area contributed by atoms with E-state index in [9.17, 15) is 0 Å². The first kappa shape index (κ1) is 12.7. The fourth-order valence-electron chi connectivity index (χ4n) is 2.85. The molecular formula is C18H15N3O. The fourth-order valence-corrected chi connectivity index (χ4v) is 2.85. The third-order valence-electron chi connectivity index (χ3n) is 3.88. The van der Waals surface area contributed by atoms with Crippen LogP contribution >= 0.6 is 0 Å². The lowest BCUT2D eigenvalue weighted by atomic mass is 10.0. The van der Waals surface area contributed by atoms with E-state index in [1.807, 2.05) is 55.5 Å². The highest BCUT2D eigenvalue weighted by molar-refractivity contribution is 6.01. The van der Waals surface area contributed by atoms with Crippen molar-refractivity contribution in [2.75, 3.05) is 11.5 Å². The Morgan fingerprint density at radius 1 is 0.955 bits per heavy atom. The molecular weight excluding hydrogens is 274 g/mol. The lowest BCUT2D eigenvalue weighted by Gasteiger charge is -2.09. The van der Waals surface area contributed by atoms with Crippen LogP contribution in [0.2, 0.25) is 0 Å². The molecule has 0 radical (unpaired) electrons. The average Bonchev–Trinajstić information content (AvgIpc) is 2.87. The Labute approximate surface area is 127 Å². The van der Waals surface area contributed by atoms with Crippen LogP contribution in [0.4, 0.5) is 11.5 Å². The van der Waals surface area contributed by atoms with Gasteiger partial charge >= 0.3 is 0 Å². The summed E-state index contributed by atoms with van der Waals surface area (Å²) in [5.41, 5.74) is 16.3. The summed E-state index contributed by atoms with van der Waals surface area (Å²) in [4.78, 5) is 4.48. The SMILES string of the molecule is Cc1cc2cccc(-c3cc4c(N)cccc4nc3N)c2o1. The molecule has 22 heavy (non-hydrogen) atoms. The van der Waals surface area contributed by atoms with Crippen LogP contribution in [-0.2, 0) is 0 Å². The highest BCUT2D eigenvalue weighted by atomic mass is 16.3. The molecule has 2 aromatic heterocycles. The van der Waals surface area contributed by atoms with Gasteiger partial charge < -0.3 is 15.9 Å². The number of aromatic nitrogens is 1. The highest BCUT2D eigenvalue weighted by Gasteiger charge is 2.13. The number of pyridine rings is 1. The molecule has 0 amide bonds. The number of aryl methyl sites for hydroxylation is 1. The van der Waals surface area contributed by atoms with Crippen molar-refractivity contribution in [1.29, 1.82) is 0 Å². The lowest BCUT2D eigenvalue weighted by molar-refractivity contribution is 0.579. The zero-order valence-corrected chi connectivity index (χ0v) is 12.1. The van der Waals surface area contributed by atoms with Crippen LogP contribution in [0.5, 0.6) is 0 Å². The number of rotatable bonds is 1. The summed E-state index contributed by atoms with van der Waals surface area (Å²) < 4.78 is 5.84. The van der Waals surface area contributed by atoms with Crippen molar-refractivity contribution in [3.05, 3.63) is 54.3 Å². The Balaban J connectivity index is 2.07. The molecule has 2 heterocycles. The van der Waals surface area contributed by atoms with Crippen molar-refractivity contribution in [2.45, 2.75) is 6.92 Å². The van der Waals surface area contributed by atoms with E-state index < -0.39 is 0 Å². The van der Waals surface area contributed by atoms with Gasteiger partial charge in [-0.2, -0.15) is 0 Å². The molecule has 108 valence electrons. The molecule has 0 fully saturated rings. The van der Waals surface area contributed by atoms with Gasteiger partial charge in [0.25, 0.3) is 0 Å². The van der Waals surface area contributed by atoms with Crippen LogP contribution < -0.4 is 11.5 Å². The number of benzene rings is 2. The number of hydrogen-bond acceptors (Lipinski definition) is 4. The van der Waals surface area contributed by atoms with Crippen molar-refractivity contribution in [3.8, 4) is 11.1 Å². The minimum absolute atomic E-state index is 0.472. The Bertz CT molecular complexity index is 1020. The molecule has 4 N–H and O–H groups in total. The summed E-state index contributed by atoms with van der Waals surface area (Å²) in [6, 6.07) is 15.6. The normalized spacial score (nSPS) is 11.3. The van der Waals surface area contributed by atoms with Crippen LogP contribution in [-0.4, -0.2) is 4.98 Å². The van der Waals surface area contributed by atoms with Crippen LogP contribution in [0.1, 0.15) is 5.76 Å². The Morgan fingerprint density at radius 3 is 2.64 bits per heavy atom. The number of hydrogen-bond donors (Lipinski definition) is 2. The largest absolute Gasteiger partial charge is 0.461 e. The first-order chi connectivity index (χ1) is 10.6. The first-order valence-electron chi connectivity index (χ1n) is 7.08. The van der Waals surface area contributed by atoms with Gasteiger partial charge in [-0.15, -0.1) is 0 Å². The number of furan rings is 1. The van der Waals surface area contributed by atoms with Crippen LogP contribution in [0.25, 0.3) is 33.0 Å². The van der Waals surface area contributed by atoms with Crippen molar-refractivity contribution in [2.24, 2.45) is 0 Å². The van der Waals surface area contributed by atoms with Gasteiger partial charge in [0.1, 0.15) is 17.2 Å².